The molecule has 1 aliphatic heterocycles. The van der Waals surface area contributed by atoms with E-state index in [2.05, 4.69) is 39.5 Å². The van der Waals surface area contributed by atoms with E-state index in [-0.39, 0.29) is 18.9 Å². The molecule has 0 aromatic carbocycles. The Hall–Kier alpha value is -0.440. The van der Waals surface area contributed by atoms with Crippen molar-refractivity contribution in [2.45, 2.75) is 25.7 Å². The van der Waals surface area contributed by atoms with Crippen molar-refractivity contribution in [3.05, 3.63) is 21.2 Å². The maximum atomic E-state index is 9.23. The Morgan fingerprint density at radius 1 is 1.58 bits per heavy atom. The third kappa shape index (κ3) is 2.24. The first-order chi connectivity index (χ1) is 9.11. The molecule has 0 saturated carbocycles. The van der Waals surface area contributed by atoms with Gasteiger partial charge in [-0.1, -0.05) is 18.5 Å². The number of hydrogen-bond donors (Lipinski definition) is 1. The molecule has 0 bridgehead atoms. The first kappa shape index (κ1) is 13.5. The van der Waals surface area contributed by atoms with E-state index in [4.69, 9.17) is 16.3 Å². The van der Waals surface area contributed by atoms with Gasteiger partial charge >= 0.3 is 0 Å². The molecule has 2 aromatic heterocycles. The predicted octanol–water partition coefficient (Wildman–Crippen LogP) is 2.61. The Kier molecular flexibility index (Phi) is 3.67. The van der Waals surface area contributed by atoms with E-state index in [0.717, 1.165) is 21.0 Å². The Labute approximate surface area is 129 Å². The fourth-order valence-corrected chi connectivity index (χ4v) is 3.76. The maximum Gasteiger partial charge on any atom is 0.148 e. The SMILES string of the molecule is C[C@H]1C[C@@H](CO)O[C@H]1n1cc(I)c2c(Cl)ncnc21. The molecule has 1 N–H and O–H groups in total. The summed E-state index contributed by atoms with van der Waals surface area (Å²) in [6, 6.07) is 0. The van der Waals surface area contributed by atoms with Crippen LogP contribution in [0.15, 0.2) is 12.5 Å². The van der Waals surface area contributed by atoms with Crippen molar-refractivity contribution in [1.29, 1.82) is 0 Å². The van der Waals surface area contributed by atoms with Gasteiger partial charge in [-0.25, -0.2) is 9.97 Å². The summed E-state index contributed by atoms with van der Waals surface area (Å²) in [5.41, 5.74) is 0.778. The Morgan fingerprint density at radius 2 is 2.37 bits per heavy atom. The second-order valence-electron chi connectivity index (χ2n) is 4.79. The molecule has 1 aliphatic rings. The molecule has 0 unspecified atom stereocenters. The van der Waals surface area contributed by atoms with Crippen LogP contribution in [0.1, 0.15) is 19.6 Å². The van der Waals surface area contributed by atoms with E-state index in [0.29, 0.717) is 11.1 Å². The van der Waals surface area contributed by atoms with Gasteiger partial charge in [0.05, 0.1) is 18.1 Å². The van der Waals surface area contributed by atoms with Crippen LogP contribution in [-0.4, -0.2) is 32.4 Å². The third-order valence-electron chi connectivity index (χ3n) is 3.45. The fourth-order valence-electron chi connectivity index (χ4n) is 2.57. The molecule has 19 heavy (non-hydrogen) atoms. The summed E-state index contributed by atoms with van der Waals surface area (Å²) in [6.45, 7) is 2.16. The third-order valence-corrected chi connectivity index (χ3v) is 4.55. The molecule has 0 aliphatic carbocycles. The molecule has 1 saturated heterocycles. The average Bonchev–Trinajstić information content (AvgIpc) is 2.91. The van der Waals surface area contributed by atoms with Crippen LogP contribution in [0.4, 0.5) is 0 Å². The first-order valence-electron chi connectivity index (χ1n) is 6.04. The van der Waals surface area contributed by atoms with Gasteiger partial charge in [0.25, 0.3) is 0 Å². The fraction of sp³-hybridized carbons (Fsp3) is 0.500. The molecule has 0 spiro atoms. The lowest BCUT2D eigenvalue weighted by atomic mass is 10.1. The van der Waals surface area contributed by atoms with Crippen LogP contribution < -0.4 is 0 Å². The topological polar surface area (TPSA) is 60.2 Å². The van der Waals surface area contributed by atoms with Crippen molar-refractivity contribution in [2.75, 3.05) is 6.61 Å². The van der Waals surface area contributed by atoms with Crippen molar-refractivity contribution in [3.8, 4) is 0 Å². The molecule has 1 fully saturated rings. The molecule has 3 rings (SSSR count). The molecule has 3 heterocycles. The van der Waals surface area contributed by atoms with Crippen LogP contribution in [-0.2, 0) is 4.74 Å². The molecule has 5 nitrogen and oxygen atoms in total. The van der Waals surface area contributed by atoms with E-state index in [1.807, 2.05) is 10.8 Å². The zero-order valence-electron chi connectivity index (χ0n) is 10.3. The van der Waals surface area contributed by atoms with Gasteiger partial charge in [0.1, 0.15) is 23.4 Å². The number of halogens is 2. The van der Waals surface area contributed by atoms with E-state index < -0.39 is 0 Å². The van der Waals surface area contributed by atoms with Gasteiger partial charge in [0.2, 0.25) is 0 Å². The summed E-state index contributed by atoms with van der Waals surface area (Å²) in [7, 11) is 0. The minimum atomic E-state index is -0.117. The Morgan fingerprint density at radius 3 is 3.05 bits per heavy atom. The first-order valence-corrected chi connectivity index (χ1v) is 7.50. The highest BCUT2D eigenvalue weighted by molar-refractivity contribution is 14.1. The van der Waals surface area contributed by atoms with Crippen LogP contribution >= 0.6 is 34.2 Å². The lowest BCUT2D eigenvalue weighted by molar-refractivity contribution is -0.0292. The highest BCUT2D eigenvalue weighted by Crippen LogP contribution is 2.38. The highest BCUT2D eigenvalue weighted by Gasteiger charge is 2.34. The van der Waals surface area contributed by atoms with Crippen molar-refractivity contribution in [2.24, 2.45) is 5.92 Å². The lowest BCUT2D eigenvalue weighted by Gasteiger charge is -2.17. The molecule has 0 amide bonds. The molecular weight excluding hydrogens is 381 g/mol. The van der Waals surface area contributed by atoms with Crippen molar-refractivity contribution >= 4 is 45.2 Å². The minimum Gasteiger partial charge on any atom is -0.394 e. The van der Waals surface area contributed by atoms with E-state index in [9.17, 15) is 5.11 Å². The van der Waals surface area contributed by atoms with Gasteiger partial charge in [0.15, 0.2) is 0 Å². The predicted molar refractivity (Wildman–Crippen MR) is 80.0 cm³/mol. The summed E-state index contributed by atoms with van der Waals surface area (Å²) >= 11 is 8.35. The maximum absolute atomic E-state index is 9.23. The highest BCUT2D eigenvalue weighted by atomic mass is 127. The van der Waals surface area contributed by atoms with Gasteiger partial charge in [-0.2, -0.15) is 0 Å². The van der Waals surface area contributed by atoms with Crippen LogP contribution in [0.3, 0.4) is 0 Å². The zero-order valence-corrected chi connectivity index (χ0v) is 13.2. The number of nitrogens with zero attached hydrogens (tertiary/aromatic N) is 3. The molecule has 2 aromatic rings. The number of aromatic nitrogens is 3. The van der Waals surface area contributed by atoms with Crippen molar-refractivity contribution in [3.63, 3.8) is 0 Å². The number of rotatable bonds is 2. The minimum absolute atomic E-state index is 0.0485. The second-order valence-corrected chi connectivity index (χ2v) is 6.31. The summed E-state index contributed by atoms with van der Waals surface area (Å²) in [4.78, 5) is 8.33. The van der Waals surface area contributed by atoms with Crippen molar-refractivity contribution < 1.29 is 9.84 Å². The van der Waals surface area contributed by atoms with Crippen molar-refractivity contribution in [1.82, 2.24) is 14.5 Å². The standard InChI is InChI=1S/C12H13ClIN3O2/c1-6-2-7(4-18)19-12(6)17-3-8(14)9-10(13)15-5-16-11(9)17/h3,5-7,12,18H,2,4H2,1H3/t6-,7-,12+/m0/s1. The molecule has 3 atom stereocenters. The quantitative estimate of drug-likeness (QED) is 0.629. The molecule has 7 heteroatoms. The van der Waals surface area contributed by atoms with E-state index in [1.54, 1.807) is 0 Å². The normalized spacial score (nSPS) is 27.3. The number of ether oxygens (including phenoxy) is 1. The molecular formula is C12H13ClIN3O2. The van der Waals surface area contributed by atoms with Gasteiger partial charge in [-0.3, -0.25) is 0 Å². The second kappa shape index (κ2) is 5.16. The number of fused-ring (bicyclic) bond motifs is 1. The molecule has 0 radical (unpaired) electrons. The van der Waals surface area contributed by atoms with Crippen LogP contribution in [0.2, 0.25) is 5.15 Å². The lowest BCUT2D eigenvalue weighted by Crippen LogP contribution is -2.15. The average molecular weight is 394 g/mol. The Balaban J connectivity index is 2.09. The number of hydrogen-bond acceptors (Lipinski definition) is 4. The van der Waals surface area contributed by atoms with Gasteiger partial charge in [0, 0.05) is 15.7 Å². The van der Waals surface area contributed by atoms with Gasteiger partial charge in [-0.05, 0) is 29.0 Å². The number of aliphatic hydroxyl groups is 1. The molecule has 102 valence electrons. The monoisotopic (exact) mass is 393 g/mol. The van der Waals surface area contributed by atoms with Crippen LogP contribution in [0.5, 0.6) is 0 Å². The Bertz CT molecular complexity index is 618. The van der Waals surface area contributed by atoms with E-state index >= 15 is 0 Å². The zero-order chi connectivity index (χ0) is 13.6. The smallest absolute Gasteiger partial charge is 0.148 e. The van der Waals surface area contributed by atoms with Crippen LogP contribution in [0, 0.1) is 9.49 Å². The van der Waals surface area contributed by atoms with Gasteiger partial charge in [-0.15, -0.1) is 0 Å². The summed E-state index contributed by atoms with van der Waals surface area (Å²) in [6.07, 6.45) is 4.06. The summed E-state index contributed by atoms with van der Waals surface area (Å²) < 4.78 is 8.87. The summed E-state index contributed by atoms with van der Waals surface area (Å²) in [5, 5.41) is 10.5. The van der Waals surface area contributed by atoms with Gasteiger partial charge < -0.3 is 14.4 Å². The number of aliphatic hydroxyl groups excluding tert-OH is 1. The van der Waals surface area contributed by atoms with E-state index in [1.165, 1.54) is 6.33 Å². The largest absolute Gasteiger partial charge is 0.394 e. The summed E-state index contributed by atoms with van der Waals surface area (Å²) in [5.74, 6) is 0.317. The van der Waals surface area contributed by atoms with Crippen LogP contribution in [0.25, 0.3) is 11.0 Å².